The topological polar surface area (TPSA) is 48.6 Å². The Morgan fingerprint density at radius 3 is 2.52 bits per heavy atom. The average molecular weight is 386 g/mol. The predicted molar refractivity (Wildman–Crippen MR) is 90.4 cm³/mol. The summed E-state index contributed by atoms with van der Waals surface area (Å²) >= 11 is 16.2. The Bertz CT molecular complexity index is 856. The zero-order valence-electron chi connectivity index (χ0n) is 10.8. The van der Waals surface area contributed by atoms with Gasteiger partial charge in [0.15, 0.2) is 0 Å². The third kappa shape index (κ3) is 3.03. The SMILES string of the molecule is O=c1[nH]c2cc(Br)c(C(Cl)Cc3ccccc3Cl)cc2[nH]1. The summed E-state index contributed by atoms with van der Waals surface area (Å²) in [6.45, 7) is 0. The molecular formula is C15H11BrCl2N2O. The molecule has 3 nitrogen and oxygen atoms in total. The summed E-state index contributed by atoms with van der Waals surface area (Å²) in [4.78, 5) is 16.8. The lowest BCUT2D eigenvalue weighted by atomic mass is 10.0. The Balaban J connectivity index is 1.97. The molecule has 0 spiro atoms. The number of aromatic nitrogens is 2. The lowest BCUT2D eigenvalue weighted by Crippen LogP contribution is -1.99. The molecule has 0 amide bonds. The molecule has 6 heteroatoms. The van der Waals surface area contributed by atoms with E-state index in [1.165, 1.54) is 0 Å². The van der Waals surface area contributed by atoms with E-state index >= 15 is 0 Å². The van der Waals surface area contributed by atoms with E-state index in [0.717, 1.165) is 26.6 Å². The molecule has 3 aromatic rings. The van der Waals surface area contributed by atoms with Gasteiger partial charge in [0, 0.05) is 9.50 Å². The number of hydrogen-bond donors (Lipinski definition) is 2. The van der Waals surface area contributed by atoms with Gasteiger partial charge < -0.3 is 9.97 Å². The summed E-state index contributed by atoms with van der Waals surface area (Å²) in [7, 11) is 0. The van der Waals surface area contributed by atoms with Crippen molar-refractivity contribution in [1.82, 2.24) is 9.97 Å². The molecule has 0 bridgehead atoms. The van der Waals surface area contributed by atoms with E-state index in [2.05, 4.69) is 25.9 Å². The molecule has 2 aromatic carbocycles. The number of halogens is 3. The first-order chi connectivity index (χ1) is 10.0. The molecule has 2 N–H and O–H groups in total. The van der Waals surface area contributed by atoms with Crippen molar-refractivity contribution >= 4 is 50.2 Å². The number of fused-ring (bicyclic) bond motifs is 1. The number of alkyl halides is 1. The second-order valence-corrected chi connectivity index (χ2v) is 6.55. The number of aromatic amines is 2. The van der Waals surface area contributed by atoms with E-state index in [4.69, 9.17) is 23.2 Å². The molecule has 108 valence electrons. The van der Waals surface area contributed by atoms with Crippen molar-refractivity contribution in [3.8, 4) is 0 Å². The molecule has 0 aliphatic rings. The van der Waals surface area contributed by atoms with E-state index in [-0.39, 0.29) is 11.1 Å². The molecule has 0 aliphatic carbocycles. The summed E-state index contributed by atoms with van der Waals surface area (Å²) in [6, 6.07) is 11.4. The minimum atomic E-state index is -0.248. The fourth-order valence-corrected chi connectivity index (χ4v) is 3.59. The summed E-state index contributed by atoms with van der Waals surface area (Å²) in [5.74, 6) is 0. The maximum Gasteiger partial charge on any atom is 0.323 e. The number of hydrogen-bond acceptors (Lipinski definition) is 1. The van der Waals surface area contributed by atoms with Gasteiger partial charge in [-0.2, -0.15) is 0 Å². The summed E-state index contributed by atoms with van der Waals surface area (Å²) in [5.41, 5.74) is 3.17. The molecule has 0 aliphatic heterocycles. The fraction of sp³-hybridized carbons (Fsp3) is 0.133. The monoisotopic (exact) mass is 384 g/mol. The third-order valence-electron chi connectivity index (χ3n) is 3.33. The molecule has 0 saturated carbocycles. The first-order valence-corrected chi connectivity index (χ1v) is 7.94. The Morgan fingerprint density at radius 2 is 1.81 bits per heavy atom. The van der Waals surface area contributed by atoms with Crippen molar-refractivity contribution in [1.29, 1.82) is 0 Å². The lowest BCUT2D eigenvalue weighted by molar-refractivity contribution is 0.916. The molecular weight excluding hydrogens is 375 g/mol. The molecule has 1 heterocycles. The van der Waals surface area contributed by atoms with E-state index in [9.17, 15) is 4.79 Å². The Labute approximate surface area is 139 Å². The Kier molecular flexibility index (Phi) is 4.11. The van der Waals surface area contributed by atoms with Gasteiger partial charge in [0.2, 0.25) is 0 Å². The van der Waals surface area contributed by atoms with Gasteiger partial charge in [0.05, 0.1) is 16.4 Å². The molecule has 1 aromatic heterocycles. The predicted octanol–water partition coefficient (Wildman–Crippen LogP) is 4.79. The van der Waals surface area contributed by atoms with Crippen LogP contribution in [0.4, 0.5) is 0 Å². The molecule has 1 atom stereocenters. The highest BCUT2D eigenvalue weighted by Crippen LogP contribution is 2.34. The third-order valence-corrected chi connectivity index (χ3v) is 4.77. The fourth-order valence-electron chi connectivity index (χ4n) is 2.28. The van der Waals surface area contributed by atoms with Gasteiger partial charge in [-0.3, -0.25) is 0 Å². The van der Waals surface area contributed by atoms with Crippen LogP contribution in [0.15, 0.2) is 45.7 Å². The molecule has 21 heavy (non-hydrogen) atoms. The molecule has 0 saturated heterocycles. The van der Waals surface area contributed by atoms with Gasteiger partial charge in [-0.15, -0.1) is 11.6 Å². The van der Waals surface area contributed by atoms with Crippen molar-refractivity contribution in [2.45, 2.75) is 11.8 Å². The molecule has 0 radical (unpaired) electrons. The minimum Gasteiger partial charge on any atom is -0.306 e. The van der Waals surface area contributed by atoms with E-state index in [1.54, 1.807) is 0 Å². The van der Waals surface area contributed by atoms with Gasteiger partial charge in [-0.25, -0.2) is 4.79 Å². The highest BCUT2D eigenvalue weighted by atomic mass is 79.9. The van der Waals surface area contributed by atoms with Gasteiger partial charge in [-0.1, -0.05) is 45.7 Å². The van der Waals surface area contributed by atoms with Crippen LogP contribution in [0.2, 0.25) is 5.02 Å². The summed E-state index contributed by atoms with van der Waals surface area (Å²) in [5, 5.41) is 0.456. The van der Waals surface area contributed by atoms with Crippen molar-refractivity contribution in [3.63, 3.8) is 0 Å². The highest BCUT2D eigenvalue weighted by Gasteiger charge is 2.15. The van der Waals surface area contributed by atoms with Gasteiger partial charge in [0.25, 0.3) is 0 Å². The summed E-state index contributed by atoms with van der Waals surface area (Å²) < 4.78 is 0.859. The van der Waals surface area contributed by atoms with Gasteiger partial charge in [0.1, 0.15) is 0 Å². The van der Waals surface area contributed by atoms with E-state index in [1.807, 2.05) is 36.4 Å². The van der Waals surface area contributed by atoms with Crippen LogP contribution in [0.25, 0.3) is 11.0 Å². The zero-order valence-corrected chi connectivity index (χ0v) is 13.9. The van der Waals surface area contributed by atoms with Crippen molar-refractivity contribution in [2.24, 2.45) is 0 Å². The van der Waals surface area contributed by atoms with Crippen LogP contribution in [0, 0.1) is 0 Å². The van der Waals surface area contributed by atoms with Crippen LogP contribution in [-0.4, -0.2) is 9.97 Å². The molecule has 1 unspecified atom stereocenters. The van der Waals surface area contributed by atoms with E-state index in [0.29, 0.717) is 11.4 Å². The Hall–Kier alpha value is -1.23. The van der Waals surface area contributed by atoms with Gasteiger partial charge in [-0.05, 0) is 35.7 Å². The summed E-state index contributed by atoms with van der Waals surface area (Å²) in [6.07, 6.45) is 0.611. The van der Waals surface area contributed by atoms with Crippen LogP contribution in [0.5, 0.6) is 0 Å². The largest absolute Gasteiger partial charge is 0.323 e. The highest BCUT2D eigenvalue weighted by molar-refractivity contribution is 9.10. The Morgan fingerprint density at radius 1 is 1.14 bits per heavy atom. The van der Waals surface area contributed by atoms with Crippen LogP contribution in [-0.2, 0) is 6.42 Å². The standard InChI is InChI=1S/C15H11BrCl2N2O/c16-10-7-14-13(19-15(21)20-14)6-9(10)12(18)5-8-3-1-2-4-11(8)17/h1-4,6-7,12H,5H2,(H2,19,20,21). The van der Waals surface area contributed by atoms with Crippen LogP contribution >= 0.6 is 39.1 Å². The zero-order chi connectivity index (χ0) is 15.0. The minimum absolute atomic E-state index is 0.230. The second-order valence-electron chi connectivity index (χ2n) is 4.76. The van der Waals surface area contributed by atoms with E-state index < -0.39 is 0 Å². The van der Waals surface area contributed by atoms with Crippen LogP contribution in [0.3, 0.4) is 0 Å². The quantitative estimate of drug-likeness (QED) is 0.625. The normalized spacial score (nSPS) is 12.7. The lowest BCUT2D eigenvalue weighted by Gasteiger charge is -2.13. The number of imidazole rings is 1. The van der Waals surface area contributed by atoms with Crippen LogP contribution < -0.4 is 5.69 Å². The number of rotatable bonds is 3. The number of nitrogens with one attached hydrogen (secondary N) is 2. The van der Waals surface area contributed by atoms with Crippen molar-refractivity contribution < 1.29 is 0 Å². The maximum absolute atomic E-state index is 11.3. The second kappa shape index (κ2) is 5.87. The van der Waals surface area contributed by atoms with Crippen molar-refractivity contribution in [3.05, 3.63) is 67.5 Å². The average Bonchev–Trinajstić information content (AvgIpc) is 2.79. The number of H-pyrrole nitrogens is 2. The first-order valence-electron chi connectivity index (χ1n) is 6.33. The smallest absolute Gasteiger partial charge is 0.306 e. The first kappa shape index (κ1) is 14.7. The van der Waals surface area contributed by atoms with Crippen LogP contribution in [0.1, 0.15) is 16.5 Å². The maximum atomic E-state index is 11.3. The van der Waals surface area contributed by atoms with Crippen molar-refractivity contribution in [2.75, 3.05) is 0 Å². The molecule has 0 fully saturated rings. The molecule has 3 rings (SSSR count). The van der Waals surface area contributed by atoms with Gasteiger partial charge >= 0.3 is 5.69 Å². The number of benzene rings is 2.